The zero-order valence-corrected chi connectivity index (χ0v) is 16.9. The van der Waals surface area contributed by atoms with Crippen LogP contribution in [0.4, 0.5) is 5.95 Å². The lowest BCUT2D eigenvalue weighted by molar-refractivity contribution is -0.0855. The molecule has 5 nitrogen and oxygen atoms in total. The van der Waals surface area contributed by atoms with Gasteiger partial charge in [-0.1, -0.05) is 48.0 Å². The number of aliphatic imine (C=N–C) groups is 1. The molecule has 1 aromatic carbocycles. The summed E-state index contributed by atoms with van der Waals surface area (Å²) in [6.45, 7) is 0. The number of aliphatic hydroxyl groups excluding tert-OH is 1. The predicted molar refractivity (Wildman–Crippen MR) is 116 cm³/mol. The minimum absolute atomic E-state index is 0.174. The van der Waals surface area contributed by atoms with E-state index >= 15 is 0 Å². The number of rotatable bonds is 4. The number of allylic oxidation sites excluding steroid dienone is 4. The highest BCUT2D eigenvalue weighted by molar-refractivity contribution is 6.32. The third kappa shape index (κ3) is 4.81. The first-order valence-corrected chi connectivity index (χ1v) is 10.4. The van der Waals surface area contributed by atoms with Crippen molar-refractivity contribution in [2.75, 3.05) is 0 Å². The van der Waals surface area contributed by atoms with Crippen molar-refractivity contribution in [3.05, 3.63) is 65.0 Å². The molecule has 0 radical (unpaired) electrons. The average molecular weight is 410 g/mol. The van der Waals surface area contributed by atoms with Crippen molar-refractivity contribution in [2.45, 2.75) is 44.8 Å². The van der Waals surface area contributed by atoms with Gasteiger partial charge in [-0.2, -0.15) is 0 Å². The molecule has 1 saturated carbocycles. The Morgan fingerprint density at radius 3 is 2.76 bits per heavy atom. The van der Waals surface area contributed by atoms with Gasteiger partial charge >= 0.3 is 0 Å². The molecule has 1 aromatic heterocycles. The van der Waals surface area contributed by atoms with E-state index in [0.29, 0.717) is 23.1 Å². The van der Waals surface area contributed by atoms with Crippen LogP contribution in [0.5, 0.6) is 0 Å². The number of hydrogen-bond donors (Lipinski definition) is 2. The topological polar surface area (TPSA) is 78.6 Å². The fraction of sp³-hybridized carbons (Fsp3) is 0.348. The Morgan fingerprint density at radius 2 is 1.97 bits per heavy atom. The molecule has 2 aromatic rings. The summed E-state index contributed by atoms with van der Waals surface area (Å²) in [4.78, 5) is 13.5. The van der Waals surface area contributed by atoms with Gasteiger partial charge in [0.25, 0.3) is 0 Å². The number of aliphatic hydroxyl groups is 2. The first-order valence-electron chi connectivity index (χ1n) is 10.0. The van der Waals surface area contributed by atoms with Crippen LogP contribution in [0.1, 0.15) is 49.8 Å². The van der Waals surface area contributed by atoms with E-state index in [9.17, 15) is 10.2 Å². The van der Waals surface area contributed by atoms with Crippen molar-refractivity contribution in [1.29, 1.82) is 0 Å². The second-order valence-corrected chi connectivity index (χ2v) is 7.96. The second-order valence-electron chi connectivity index (χ2n) is 7.55. The van der Waals surface area contributed by atoms with Crippen LogP contribution in [0, 0.1) is 5.92 Å². The lowest BCUT2D eigenvalue weighted by Crippen LogP contribution is -2.26. The van der Waals surface area contributed by atoms with Crippen LogP contribution in [0.2, 0.25) is 5.02 Å². The summed E-state index contributed by atoms with van der Waals surface area (Å²) in [6.07, 6.45) is 9.54. The molecule has 0 bridgehead atoms. The van der Waals surface area contributed by atoms with Gasteiger partial charge in [-0.15, -0.1) is 0 Å². The molecule has 6 heteroatoms. The van der Waals surface area contributed by atoms with Gasteiger partial charge in [-0.05, 0) is 61.3 Å². The van der Waals surface area contributed by atoms with Gasteiger partial charge in [0.05, 0.1) is 16.9 Å². The molecule has 0 aliphatic heterocycles. The van der Waals surface area contributed by atoms with E-state index < -0.39 is 6.29 Å². The van der Waals surface area contributed by atoms with Crippen molar-refractivity contribution in [2.24, 2.45) is 10.9 Å². The molecule has 150 valence electrons. The van der Waals surface area contributed by atoms with Crippen LogP contribution in [0.25, 0.3) is 11.1 Å². The summed E-state index contributed by atoms with van der Waals surface area (Å²) in [5.74, 6) is 0.195. The minimum atomic E-state index is -1.31. The van der Waals surface area contributed by atoms with Crippen molar-refractivity contribution in [3.63, 3.8) is 0 Å². The van der Waals surface area contributed by atoms with Gasteiger partial charge in [0.2, 0.25) is 5.95 Å². The summed E-state index contributed by atoms with van der Waals surface area (Å²) in [5.41, 5.74) is 5.04. The number of benzene rings is 1. The van der Waals surface area contributed by atoms with Crippen molar-refractivity contribution < 1.29 is 10.2 Å². The second kappa shape index (κ2) is 8.99. The molecule has 4 rings (SSSR count). The van der Waals surface area contributed by atoms with Crippen LogP contribution in [-0.2, 0) is 0 Å². The van der Waals surface area contributed by atoms with E-state index in [2.05, 4.69) is 39.2 Å². The summed E-state index contributed by atoms with van der Waals surface area (Å²) >= 11 is 6.42. The molecule has 2 aliphatic carbocycles. The number of halogens is 1. The quantitative estimate of drug-likeness (QED) is 0.699. The molecular weight excluding hydrogens is 386 g/mol. The SMILES string of the molecule is OC(O)[C@H]1CCC/C(=N\c2ncc(Cl)c(C3=CCCC(c4ccccc4)=C3)n2)C1. The zero-order chi connectivity index (χ0) is 20.2. The van der Waals surface area contributed by atoms with Gasteiger partial charge in [-0.25, -0.2) is 15.0 Å². The van der Waals surface area contributed by atoms with Crippen molar-refractivity contribution >= 4 is 34.4 Å². The van der Waals surface area contributed by atoms with Gasteiger partial charge < -0.3 is 10.2 Å². The molecule has 1 atom stereocenters. The molecule has 2 aliphatic rings. The first-order chi connectivity index (χ1) is 14.1. The van der Waals surface area contributed by atoms with E-state index in [4.69, 9.17) is 11.6 Å². The van der Waals surface area contributed by atoms with Crippen molar-refractivity contribution in [1.82, 2.24) is 9.97 Å². The van der Waals surface area contributed by atoms with E-state index in [1.54, 1.807) is 6.20 Å². The monoisotopic (exact) mass is 409 g/mol. The average Bonchev–Trinajstić information content (AvgIpc) is 2.76. The lowest BCUT2D eigenvalue weighted by Gasteiger charge is -2.24. The number of nitrogens with zero attached hydrogens (tertiary/aromatic N) is 3. The van der Waals surface area contributed by atoms with Gasteiger partial charge in [0.15, 0.2) is 6.29 Å². The minimum Gasteiger partial charge on any atom is -0.368 e. The number of aromatic nitrogens is 2. The van der Waals surface area contributed by atoms with E-state index in [-0.39, 0.29) is 5.92 Å². The summed E-state index contributed by atoms with van der Waals surface area (Å²) in [5, 5.41) is 19.4. The Balaban J connectivity index is 1.61. The Kier molecular flexibility index (Phi) is 6.19. The molecule has 29 heavy (non-hydrogen) atoms. The van der Waals surface area contributed by atoms with Gasteiger partial charge in [-0.3, -0.25) is 0 Å². The summed E-state index contributed by atoms with van der Waals surface area (Å²) in [7, 11) is 0. The molecule has 1 heterocycles. The fourth-order valence-corrected chi connectivity index (χ4v) is 4.13. The molecule has 0 amide bonds. The highest BCUT2D eigenvalue weighted by atomic mass is 35.5. The van der Waals surface area contributed by atoms with E-state index in [1.165, 1.54) is 11.1 Å². The Bertz CT molecular complexity index is 967. The van der Waals surface area contributed by atoms with Crippen molar-refractivity contribution in [3.8, 4) is 0 Å². The molecule has 1 fully saturated rings. The van der Waals surface area contributed by atoms with Crippen LogP contribution < -0.4 is 0 Å². The van der Waals surface area contributed by atoms with Crippen LogP contribution in [0.3, 0.4) is 0 Å². The lowest BCUT2D eigenvalue weighted by atomic mass is 9.87. The smallest absolute Gasteiger partial charge is 0.249 e. The van der Waals surface area contributed by atoms with Gasteiger partial charge in [0, 0.05) is 11.6 Å². The van der Waals surface area contributed by atoms with E-state index in [1.807, 2.05) is 18.2 Å². The highest BCUT2D eigenvalue weighted by Gasteiger charge is 2.24. The molecule has 0 spiro atoms. The molecule has 0 unspecified atom stereocenters. The van der Waals surface area contributed by atoms with Crippen LogP contribution >= 0.6 is 11.6 Å². The molecule has 2 N–H and O–H groups in total. The molecule has 0 saturated heterocycles. The Hall–Kier alpha value is -2.34. The Labute approximate surface area is 175 Å². The van der Waals surface area contributed by atoms with Gasteiger partial charge in [0.1, 0.15) is 0 Å². The number of hydrogen-bond acceptors (Lipinski definition) is 5. The Morgan fingerprint density at radius 1 is 1.14 bits per heavy atom. The van der Waals surface area contributed by atoms with E-state index in [0.717, 1.165) is 43.4 Å². The maximum absolute atomic E-state index is 9.47. The largest absolute Gasteiger partial charge is 0.368 e. The summed E-state index contributed by atoms with van der Waals surface area (Å²) < 4.78 is 0. The third-order valence-electron chi connectivity index (χ3n) is 5.47. The fourth-order valence-electron chi connectivity index (χ4n) is 3.93. The maximum Gasteiger partial charge on any atom is 0.249 e. The van der Waals surface area contributed by atoms with Crippen LogP contribution in [-0.4, -0.2) is 32.2 Å². The first kappa shape index (κ1) is 20.0. The maximum atomic E-state index is 9.47. The zero-order valence-electron chi connectivity index (χ0n) is 16.1. The predicted octanol–water partition coefficient (Wildman–Crippen LogP) is 4.96. The summed E-state index contributed by atoms with van der Waals surface area (Å²) in [6, 6.07) is 10.3. The standard InChI is InChI=1S/C23H24ClN3O2/c24-20-14-25-23(26-19-11-5-10-18(13-19)22(28)29)27-21(20)17-9-4-8-16(12-17)15-6-2-1-3-7-15/h1-3,6-7,9,12,14,18,22,28-29H,4-5,8,10-11,13H2/b26-19+/t18-/m0/s1. The third-order valence-corrected chi connectivity index (χ3v) is 5.75. The van der Waals surface area contributed by atoms with Crippen LogP contribution in [0.15, 0.2) is 53.7 Å². The molecular formula is C23H24ClN3O2. The highest BCUT2D eigenvalue weighted by Crippen LogP contribution is 2.33. The normalized spacial score (nSPS) is 21.2.